The fraction of sp³-hybridized carbons (Fsp3) is 0.800. The first-order valence-electron chi connectivity index (χ1n) is 5.04. The number of nitrogens with one attached hydrogen (secondary N) is 1. The molecule has 0 rings (SSSR count). The molecule has 15 heavy (non-hydrogen) atoms. The molecule has 0 aliphatic carbocycles. The maximum absolute atomic E-state index is 11.2. The van der Waals surface area contributed by atoms with Gasteiger partial charge >= 0.3 is 0 Å². The van der Waals surface area contributed by atoms with Crippen molar-refractivity contribution in [2.45, 2.75) is 38.1 Å². The lowest BCUT2D eigenvalue weighted by molar-refractivity contribution is -0.123. The molecule has 0 heterocycles. The smallest absolute Gasteiger partial charge is 0.234 e. The van der Waals surface area contributed by atoms with E-state index in [1.807, 2.05) is 6.92 Å². The monoisotopic (exact) mass is 214 g/mol. The summed E-state index contributed by atoms with van der Waals surface area (Å²) in [6, 6.07) is 1.72. The fourth-order valence-electron chi connectivity index (χ4n) is 1.28. The van der Waals surface area contributed by atoms with E-state index < -0.39 is 11.4 Å². The Kier molecular flexibility index (Phi) is 6.67. The van der Waals surface area contributed by atoms with Crippen LogP contribution < -0.4 is 5.32 Å². The SMILES string of the molecule is CCCCC(CO)(CO)NC(=O)CC#N. The van der Waals surface area contributed by atoms with E-state index in [0.717, 1.165) is 12.8 Å². The van der Waals surface area contributed by atoms with Crippen molar-refractivity contribution in [1.82, 2.24) is 5.32 Å². The van der Waals surface area contributed by atoms with Crippen molar-refractivity contribution in [3.05, 3.63) is 0 Å². The molecule has 0 atom stereocenters. The third-order valence-electron chi connectivity index (χ3n) is 2.26. The van der Waals surface area contributed by atoms with Crippen molar-refractivity contribution in [2.24, 2.45) is 0 Å². The van der Waals surface area contributed by atoms with Crippen LogP contribution >= 0.6 is 0 Å². The molecule has 0 radical (unpaired) electrons. The lowest BCUT2D eigenvalue weighted by Gasteiger charge is -2.30. The molecular weight excluding hydrogens is 196 g/mol. The van der Waals surface area contributed by atoms with E-state index >= 15 is 0 Å². The summed E-state index contributed by atoms with van der Waals surface area (Å²) in [5, 5.41) is 29.1. The van der Waals surface area contributed by atoms with Gasteiger partial charge in [-0.25, -0.2) is 0 Å². The van der Waals surface area contributed by atoms with Gasteiger partial charge in [0, 0.05) is 0 Å². The quantitative estimate of drug-likeness (QED) is 0.553. The van der Waals surface area contributed by atoms with Gasteiger partial charge in [-0.05, 0) is 6.42 Å². The number of amides is 1. The second kappa shape index (κ2) is 7.21. The Hall–Kier alpha value is -1.12. The molecule has 0 bridgehead atoms. The summed E-state index contributed by atoms with van der Waals surface area (Å²) >= 11 is 0. The molecule has 5 heteroatoms. The molecule has 0 spiro atoms. The van der Waals surface area contributed by atoms with E-state index in [2.05, 4.69) is 5.32 Å². The molecule has 0 fully saturated rings. The molecule has 0 aromatic rings. The average Bonchev–Trinajstić information content (AvgIpc) is 2.25. The predicted molar refractivity (Wildman–Crippen MR) is 54.8 cm³/mol. The number of nitriles is 1. The van der Waals surface area contributed by atoms with E-state index in [0.29, 0.717) is 6.42 Å². The summed E-state index contributed by atoms with van der Waals surface area (Å²) in [7, 11) is 0. The van der Waals surface area contributed by atoms with Gasteiger partial charge in [-0.3, -0.25) is 4.79 Å². The molecule has 86 valence electrons. The van der Waals surface area contributed by atoms with Crippen LogP contribution in [0.25, 0.3) is 0 Å². The maximum Gasteiger partial charge on any atom is 0.234 e. The fourth-order valence-corrected chi connectivity index (χ4v) is 1.28. The third-order valence-corrected chi connectivity index (χ3v) is 2.26. The maximum atomic E-state index is 11.2. The van der Waals surface area contributed by atoms with E-state index in [1.54, 1.807) is 6.07 Å². The number of hydrogen-bond acceptors (Lipinski definition) is 4. The van der Waals surface area contributed by atoms with Gasteiger partial charge in [0.1, 0.15) is 6.42 Å². The first-order valence-corrected chi connectivity index (χ1v) is 5.04. The zero-order valence-corrected chi connectivity index (χ0v) is 8.99. The Balaban J connectivity index is 4.35. The first-order chi connectivity index (χ1) is 7.14. The lowest BCUT2D eigenvalue weighted by Crippen LogP contribution is -2.54. The predicted octanol–water partition coefficient (Wildman–Crippen LogP) is -0.0701. The summed E-state index contributed by atoms with van der Waals surface area (Å²) in [6.07, 6.45) is 1.96. The van der Waals surface area contributed by atoms with Gasteiger partial charge in [-0.15, -0.1) is 0 Å². The van der Waals surface area contributed by atoms with Gasteiger partial charge in [-0.1, -0.05) is 19.8 Å². The van der Waals surface area contributed by atoms with E-state index in [9.17, 15) is 4.79 Å². The van der Waals surface area contributed by atoms with Crippen LogP contribution in [-0.4, -0.2) is 34.9 Å². The van der Waals surface area contributed by atoms with Crippen molar-refractivity contribution >= 4 is 5.91 Å². The summed E-state index contributed by atoms with van der Waals surface area (Å²) < 4.78 is 0. The second-order valence-corrected chi connectivity index (χ2v) is 3.58. The average molecular weight is 214 g/mol. The Morgan fingerprint density at radius 2 is 2.07 bits per heavy atom. The molecule has 0 aliphatic heterocycles. The van der Waals surface area contributed by atoms with Crippen LogP contribution in [0, 0.1) is 11.3 Å². The third kappa shape index (κ3) is 4.77. The van der Waals surface area contributed by atoms with Crippen molar-refractivity contribution in [2.75, 3.05) is 13.2 Å². The topological polar surface area (TPSA) is 93.3 Å². The molecule has 1 amide bonds. The summed E-state index contributed by atoms with van der Waals surface area (Å²) in [4.78, 5) is 11.2. The van der Waals surface area contributed by atoms with Crippen molar-refractivity contribution in [1.29, 1.82) is 5.26 Å². The molecule has 0 unspecified atom stereocenters. The van der Waals surface area contributed by atoms with Crippen LogP contribution in [0.5, 0.6) is 0 Å². The first kappa shape index (κ1) is 13.9. The van der Waals surface area contributed by atoms with Crippen LogP contribution in [-0.2, 0) is 4.79 Å². The van der Waals surface area contributed by atoms with Crippen molar-refractivity contribution in [3.8, 4) is 6.07 Å². The lowest BCUT2D eigenvalue weighted by atomic mass is 9.94. The Bertz CT molecular complexity index is 231. The van der Waals surface area contributed by atoms with E-state index in [-0.39, 0.29) is 19.6 Å². The summed E-state index contributed by atoms with van der Waals surface area (Å²) in [5.74, 6) is -0.461. The highest BCUT2D eigenvalue weighted by molar-refractivity contribution is 5.78. The molecule has 5 nitrogen and oxygen atoms in total. The Morgan fingerprint density at radius 3 is 2.47 bits per heavy atom. The number of hydrogen-bond donors (Lipinski definition) is 3. The molecule has 0 saturated heterocycles. The zero-order chi connectivity index (χ0) is 11.7. The minimum Gasteiger partial charge on any atom is -0.394 e. The van der Waals surface area contributed by atoms with Crippen LogP contribution in [0.15, 0.2) is 0 Å². The highest BCUT2D eigenvalue weighted by Gasteiger charge is 2.29. The summed E-state index contributed by atoms with van der Waals surface area (Å²) in [6.45, 7) is 1.35. The normalized spacial score (nSPS) is 10.8. The van der Waals surface area contributed by atoms with Gasteiger partial charge in [0.2, 0.25) is 5.91 Å². The minimum atomic E-state index is -0.982. The van der Waals surface area contributed by atoms with Crippen LogP contribution in [0.1, 0.15) is 32.6 Å². The largest absolute Gasteiger partial charge is 0.394 e. The van der Waals surface area contributed by atoms with Gasteiger partial charge < -0.3 is 15.5 Å². The molecule has 0 aliphatic rings. The number of aliphatic hydroxyl groups excluding tert-OH is 2. The Morgan fingerprint density at radius 1 is 1.47 bits per heavy atom. The number of nitrogens with zero attached hydrogens (tertiary/aromatic N) is 1. The molecule has 0 aromatic carbocycles. The minimum absolute atomic E-state index is 0.256. The van der Waals surface area contributed by atoms with E-state index in [1.165, 1.54) is 0 Å². The molecule has 0 aromatic heterocycles. The van der Waals surface area contributed by atoms with E-state index in [4.69, 9.17) is 15.5 Å². The highest BCUT2D eigenvalue weighted by Crippen LogP contribution is 2.13. The van der Waals surface area contributed by atoms with Crippen molar-refractivity contribution < 1.29 is 15.0 Å². The molecule has 3 N–H and O–H groups in total. The highest BCUT2D eigenvalue weighted by atomic mass is 16.3. The number of carbonyl (C=O) groups excluding carboxylic acids is 1. The Labute approximate surface area is 89.7 Å². The summed E-state index contributed by atoms with van der Waals surface area (Å²) in [5.41, 5.74) is -0.982. The second-order valence-electron chi connectivity index (χ2n) is 3.58. The molecular formula is C10H18N2O3. The van der Waals surface area contributed by atoms with Gasteiger partial charge in [0.25, 0.3) is 0 Å². The van der Waals surface area contributed by atoms with Crippen LogP contribution in [0.2, 0.25) is 0 Å². The number of rotatable bonds is 7. The standard InChI is InChI=1S/C10H18N2O3/c1-2-3-5-10(7-13,8-14)12-9(15)4-6-11/h13-14H,2-5,7-8H2,1H3,(H,12,15). The van der Waals surface area contributed by atoms with Gasteiger partial charge in [-0.2, -0.15) is 5.26 Å². The van der Waals surface area contributed by atoms with Gasteiger partial charge in [0.05, 0.1) is 24.8 Å². The number of carbonyl (C=O) groups is 1. The number of unbranched alkanes of at least 4 members (excludes halogenated alkanes) is 1. The zero-order valence-electron chi connectivity index (χ0n) is 8.99. The van der Waals surface area contributed by atoms with Crippen molar-refractivity contribution in [3.63, 3.8) is 0 Å². The number of aliphatic hydroxyl groups is 2. The van der Waals surface area contributed by atoms with Crippen LogP contribution in [0.4, 0.5) is 0 Å². The van der Waals surface area contributed by atoms with Gasteiger partial charge in [0.15, 0.2) is 0 Å². The molecule has 0 saturated carbocycles. The van der Waals surface area contributed by atoms with Crippen LogP contribution in [0.3, 0.4) is 0 Å².